The summed E-state index contributed by atoms with van der Waals surface area (Å²) in [6.07, 6.45) is 1.74. The smallest absolute Gasteiger partial charge is 0.254 e. The number of hydrogen-bond acceptors (Lipinski definition) is 10. The standard InChI is InChI=1S/C19H27N5O4S3/c1-18(2,3)11-7-12(28-9-11)8-20-15-16(23-30-22-15)21-13-10-29-17(14(13)25)31(26,27)24-19(4,5)6/h7,9-10,24-25H,8H2,1-6H3,(H,20,22)(H,21,23). The van der Waals surface area contributed by atoms with Crippen LogP contribution >= 0.6 is 23.1 Å². The van der Waals surface area contributed by atoms with Crippen LogP contribution < -0.4 is 15.4 Å². The van der Waals surface area contributed by atoms with Crippen LogP contribution in [0.1, 0.15) is 52.9 Å². The number of sulfonamides is 1. The summed E-state index contributed by atoms with van der Waals surface area (Å²) in [6.45, 7) is 11.9. The number of aromatic hydroxyl groups is 1. The van der Waals surface area contributed by atoms with Gasteiger partial charge in [-0.15, -0.1) is 11.3 Å². The van der Waals surface area contributed by atoms with Gasteiger partial charge in [-0.2, -0.15) is 8.75 Å². The zero-order valence-corrected chi connectivity index (χ0v) is 20.7. The molecule has 3 rings (SSSR count). The Morgan fingerprint density at radius 1 is 1.13 bits per heavy atom. The minimum absolute atomic E-state index is 0.00693. The van der Waals surface area contributed by atoms with E-state index in [2.05, 4.69) is 44.9 Å². The number of thiophene rings is 1. The minimum atomic E-state index is -3.86. The molecule has 0 saturated carbocycles. The molecule has 0 bridgehead atoms. The van der Waals surface area contributed by atoms with Crippen LogP contribution in [0.4, 0.5) is 17.3 Å². The number of nitrogens with zero attached hydrogens (tertiary/aromatic N) is 2. The first kappa shape index (κ1) is 23.5. The average Bonchev–Trinajstić information content (AvgIpc) is 3.32. The van der Waals surface area contributed by atoms with E-state index in [0.717, 1.165) is 34.4 Å². The van der Waals surface area contributed by atoms with E-state index in [1.165, 1.54) is 5.38 Å². The first-order valence-electron chi connectivity index (χ1n) is 9.52. The summed E-state index contributed by atoms with van der Waals surface area (Å²) in [6, 6.07) is 1.99. The van der Waals surface area contributed by atoms with Crippen molar-refractivity contribution in [3.05, 3.63) is 29.0 Å². The van der Waals surface area contributed by atoms with Crippen LogP contribution in [0, 0.1) is 0 Å². The highest BCUT2D eigenvalue weighted by atomic mass is 32.2. The van der Waals surface area contributed by atoms with Crippen LogP contribution in [-0.4, -0.2) is 27.8 Å². The second-order valence-corrected chi connectivity index (χ2v) is 12.4. The minimum Gasteiger partial charge on any atom is -0.504 e. The summed E-state index contributed by atoms with van der Waals surface area (Å²) in [5.74, 6) is 1.25. The predicted molar refractivity (Wildman–Crippen MR) is 124 cm³/mol. The molecule has 0 aliphatic carbocycles. The summed E-state index contributed by atoms with van der Waals surface area (Å²) in [7, 11) is -3.86. The molecule has 0 atom stereocenters. The highest BCUT2D eigenvalue weighted by Crippen LogP contribution is 2.40. The van der Waals surface area contributed by atoms with Crippen molar-refractivity contribution in [1.29, 1.82) is 0 Å². The third kappa shape index (κ3) is 5.76. The molecule has 0 aliphatic heterocycles. The van der Waals surface area contributed by atoms with Crippen LogP contribution in [0.15, 0.2) is 26.3 Å². The van der Waals surface area contributed by atoms with Crippen molar-refractivity contribution >= 4 is 50.4 Å². The summed E-state index contributed by atoms with van der Waals surface area (Å²) in [5, 5.41) is 18.1. The Labute approximate surface area is 190 Å². The van der Waals surface area contributed by atoms with E-state index in [9.17, 15) is 13.5 Å². The number of rotatable bonds is 7. The van der Waals surface area contributed by atoms with E-state index in [1.54, 1.807) is 27.0 Å². The molecule has 4 N–H and O–H groups in total. The second kappa shape index (κ2) is 8.41. The monoisotopic (exact) mass is 485 g/mol. The molecule has 31 heavy (non-hydrogen) atoms. The quantitative estimate of drug-likeness (QED) is 0.381. The van der Waals surface area contributed by atoms with E-state index >= 15 is 0 Å². The highest BCUT2D eigenvalue weighted by molar-refractivity contribution is 7.91. The first-order chi connectivity index (χ1) is 14.3. The Morgan fingerprint density at radius 2 is 1.81 bits per heavy atom. The molecule has 170 valence electrons. The molecule has 3 aromatic rings. The van der Waals surface area contributed by atoms with Crippen LogP contribution in [0.3, 0.4) is 0 Å². The van der Waals surface area contributed by atoms with Crippen LogP contribution in [-0.2, 0) is 22.0 Å². The Bertz CT molecular complexity index is 1150. The summed E-state index contributed by atoms with van der Waals surface area (Å²) >= 11 is 1.92. The van der Waals surface area contributed by atoms with Gasteiger partial charge >= 0.3 is 0 Å². The van der Waals surface area contributed by atoms with Gasteiger partial charge in [0, 0.05) is 10.9 Å². The van der Waals surface area contributed by atoms with E-state index in [-0.39, 0.29) is 21.1 Å². The lowest BCUT2D eigenvalue weighted by Gasteiger charge is -2.19. The zero-order valence-electron chi connectivity index (χ0n) is 18.2. The highest BCUT2D eigenvalue weighted by Gasteiger charge is 2.28. The van der Waals surface area contributed by atoms with Crippen molar-refractivity contribution in [2.24, 2.45) is 0 Å². The van der Waals surface area contributed by atoms with Gasteiger partial charge in [-0.3, -0.25) is 0 Å². The lowest BCUT2D eigenvalue weighted by Crippen LogP contribution is -2.40. The van der Waals surface area contributed by atoms with Gasteiger partial charge in [-0.25, -0.2) is 13.1 Å². The Balaban J connectivity index is 1.72. The molecule has 0 spiro atoms. The maximum atomic E-state index is 12.5. The van der Waals surface area contributed by atoms with Gasteiger partial charge in [-0.05, 0) is 37.8 Å². The van der Waals surface area contributed by atoms with Crippen molar-refractivity contribution in [2.45, 2.75) is 63.3 Å². The topological polar surface area (TPSA) is 129 Å². The fraction of sp³-hybridized carbons (Fsp3) is 0.474. The normalized spacial score (nSPS) is 12.8. The maximum Gasteiger partial charge on any atom is 0.254 e. The summed E-state index contributed by atoms with van der Waals surface area (Å²) < 4.78 is 41.5. The van der Waals surface area contributed by atoms with Gasteiger partial charge in [0.05, 0.1) is 30.2 Å². The maximum absolute atomic E-state index is 12.5. The van der Waals surface area contributed by atoms with Crippen LogP contribution in [0.25, 0.3) is 0 Å². The van der Waals surface area contributed by atoms with Gasteiger partial charge in [0.1, 0.15) is 5.76 Å². The third-order valence-electron chi connectivity index (χ3n) is 4.11. The second-order valence-electron chi connectivity index (χ2n) is 9.13. The molecule has 3 heterocycles. The molecule has 0 unspecified atom stereocenters. The zero-order chi connectivity index (χ0) is 23.0. The van der Waals surface area contributed by atoms with Gasteiger partial charge in [-0.1, -0.05) is 20.8 Å². The molecule has 0 fully saturated rings. The van der Waals surface area contributed by atoms with E-state index < -0.39 is 15.6 Å². The fourth-order valence-electron chi connectivity index (χ4n) is 2.61. The molecule has 12 heteroatoms. The summed E-state index contributed by atoms with van der Waals surface area (Å²) in [4.78, 5) is 0. The van der Waals surface area contributed by atoms with Gasteiger partial charge in [0.2, 0.25) is 0 Å². The number of aromatic nitrogens is 2. The summed E-state index contributed by atoms with van der Waals surface area (Å²) in [5.41, 5.74) is 0.660. The van der Waals surface area contributed by atoms with Crippen molar-refractivity contribution < 1.29 is 17.9 Å². The van der Waals surface area contributed by atoms with Crippen molar-refractivity contribution in [3.63, 3.8) is 0 Å². The fourth-order valence-corrected chi connectivity index (χ4v) is 5.76. The SMILES string of the molecule is CC(C)(C)NS(=O)(=O)c1scc(Nc2nsnc2NCc2cc(C(C)(C)C)co2)c1O. The van der Waals surface area contributed by atoms with Gasteiger partial charge in [0.15, 0.2) is 21.6 Å². The Kier molecular flexibility index (Phi) is 6.38. The average molecular weight is 486 g/mol. The number of nitrogens with one attached hydrogen (secondary N) is 3. The molecule has 0 saturated heterocycles. The molecular weight excluding hydrogens is 458 g/mol. The van der Waals surface area contributed by atoms with Gasteiger partial charge < -0.3 is 20.2 Å². The molecule has 9 nitrogen and oxygen atoms in total. The third-order valence-corrected chi connectivity index (χ3v) is 7.91. The number of furan rings is 1. The molecule has 0 aromatic carbocycles. The largest absolute Gasteiger partial charge is 0.504 e. The van der Waals surface area contributed by atoms with Crippen molar-refractivity contribution in [2.75, 3.05) is 10.6 Å². The van der Waals surface area contributed by atoms with E-state index in [0.29, 0.717) is 18.2 Å². The molecule has 3 aromatic heterocycles. The molecule has 0 radical (unpaired) electrons. The van der Waals surface area contributed by atoms with Crippen molar-refractivity contribution in [3.8, 4) is 5.75 Å². The van der Waals surface area contributed by atoms with Crippen LogP contribution in [0.2, 0.25) is 0 Å². The number of anilines is 3. The van der Waals surface area contributed by atoms with Crippen LogP contribution in [0.5, 0.6) is 5.75 Å². The van der Waals surface area contributed by atoms with Gasteiger partial charge in [0.25, 0.3) is 10.0 Å². The molecular formula is C19H27N5O4S3. The first-order valence-corrected chi connectivity index (χ1v) is 12.6. The molecule has 0 amide bonds. The molecule has 0 aliphatic rings. The number of hydrogen-bond donors (Lipinski definition) is 4. The lowest BCUT2D eigenvalue weighted by atomic mass is 9.89. The van der Waals surface area contributed by atoms with E-state index in [4.69, 9.17) is 4.42 Å². The Morgan fingerprint density at radius 3 is 2.42 bits per heavy atom. The van der Waals surface area contributed by atoms with Crippen molar-refractivity contribution in [1.82, 2.24) is 13.5 Å². The lowest BCUT2D eigenvalue weighted by molar-refractivity contribution is 0.460. The predicted octanol–water partition coefficient (Wildman–Crippen LogP) is 4.63. The Hall–Kier alpha value is -2.15. The van der Waals surface area contributed by atoms with E-state index in [1.807, 2.05) is 6.07 Å².